The van der Waals surface area contributed by atoms with Crippen molar-refractivity contribution in [2.45, 2.75) is 23.2 Å². The summed E-state index contributed by atoms with van der Waals surface area (Å²) in [5.41, 5.74) is 7.41. The lowest BCUT2D eigenvalue weighted by atomic mass is 10.1. The molecule has 40 heavy (non-hydrogen) atoms. The van der Waals surface area contributed by atoms with Gasteiger partial charge in [0.25, 0.3) is 0 Å². The Morgan fingerprint density at radius 2 is 1.70 bits per heavy atom. The summed E-state index contributed by atoms with van der Waals surface area (Å²) in [5, 5.41) is 19.7. The van der Waals surface area contributed by atoms with Crippen LogP contribution in [-0.2, 0) is 31.9 Å². The molecule has 4 rings (SSSR count). The van der Waals surface area contributed by atoms with E-state index in [1.54, 1.807) is 60.7 Å². The van der Waals surface area contributed by atoms with Crippen LogP contribution in [0.15, 0.2) is 77.7 Å². The van der Waals surface area contributed by atoms with Crippen LogP contribution in [0.4, 0.5) is 5.69 Å². The number of nitrogens with one attached hydrogen (secondary N) is 3. The fourth-order valence-electron chi connectivity index (χ4n) is 4.04. The van der Waals surface area contributed by atoms with Crippen LogP contribution in [0, 0.1) is 5.41 Å². The fraction of sp³-hybridized carbons (Fsp3) is 0.185. The third kappa shape index (κ3) is 7.25. The van der Waals surface area contributed by atoms with Crippen molar-refractivity contribution in [3.05, 3.63) is 95.1 Å². The number of carboxylic acids is 1. The molecule has 0 aromatic heterocycles. The van der Waals surface area contributed by atoms with Crippen molar-refractivity contribution < 1.29 is 27.9 Å². The lowest BCUT2D eigenvalue weighted by molar-refractivity contribution is -0.124. The van der Waals surface area contributed by atoms with E-state index in [0.29, 0.717) is 16.0 Å². The summed E-state index contributed by atoms with van der Waals surface area (Å²) in [6.07, 6.45) is 0. The van der Waals surface area contributed by atoms with E-state index in [4.69, 9.17) is 11.1 Å². The van der Waals surface area contributed by atoms with Crippen molar-refractivity contribution in [3.8, 4) is 0 Å². The number of amidine groups is 1. The topological polar surface area (TPSA) is 183 Å². The Hall–Kier alpha value is -4.20. The smallest absolute Gasteiger partial charge is 0.335 e. The molecule has 0 unspecified atom stereocenters. The number of sulfonamides is 1. The molecule has 0 fully saturated rings. The minimum Gasteiger partial charge on any atom is -0.478 e. The van der Waals surface area contributed by atoms with Crippen molar-refractivity contribution in [2.75, 3.05) is 17.2 Å². The van der Waals surface area contributed by atoms with E-state index in [2.05, 4.69) is 10.0 Å². The van der Waals surface area contributed by atoms with Crippen LogP contribution in [0.3, 0.4) is 0 Å². The molecule has 1 aliphatic heterocycles. The van der Waals surface area contributed by atoms with Gasteiger partial charge in [-0.05, 0) is 29.3 Å². The molecule has 1 atom stereocenters. The van der Waals surface area contributed by atoms with Gasteiger partial charge in [-0.3, -0.25) is 15.0 Å². The van der Waals surface area contributed by atoms with Crippen molar-refractivity contribution in [1.82, 2.24) is 10.0 Å². The third-order valence-electron chi connectivity index (χ3n) is 6.04. The minimum atomic E-state index is -3.93. The number of nitrogens with zero attached hydrogens (tertiary/aromatic N) is 1. The van der Waals surface area contributed by atoms with E-state index >= 15 is 0 Å². The molecule has 2 amide bonds. The third-order valence-corrected chi connectivity index (χ3v) is 8.56. The molecular formula is C27H27N5O6S2. The van der Waals surface area contributed by atoms with Crippen molar-refractivity contribution >= 4 is 51.1 Å². The van der Waals surface area contributed by atoms with Gasteiger partial charge in [0, 0.05) is 22.8 Å². The summed E-state index contributed by atoms with van der Waals surface area (Å²) >= 11 is 1.19. The van der Waals surface area contributed by atoms with Crippen molar-refractivity contribution in [1.29, 1.82) is 5.41 Å². The van der Waals surface area contributed by atoms with E-state index in [1.807, 2.05) is 0 Å². The lowest BCUT2D eigenvalue weighted by Crippen LogP contribution is -2.51. The second-order valence-electron chi connectivity index (χ2n) is 9.03. The number of hydrogen-bond donors (Lipinski definition) is 5. The predicted molar refractivity (Wildman–Crippen MR) is 152 cm³/mol. The van der Waals surface area contributed by atoms with Gasteiger partial charge in [0.05, 0.1) is 17.0 Å². The Labute approximate surface area is 235 Å². The van der Waals surface area contributed by atoms with E-state index in [9.17, 15) is 27.9 Å². The fourth-order valence-corrected chi connectivity index (χ4v) is 6.53. The number of nitrogens with two attached hydrogens (primary N) is 1. The summed E-state index contributed by atoms with van der Waals surface area (Å²) in [7, 11) is -3.93. The molecule has 1 heterocycles. The van der Waals surface area contributed by atoms with Crippen LogP contribution in [0.1, 0.15) is 27.0 Å². The van der Waals surface area contributed by atoms with E-state index in [1.165, 1.54) is 23.9 Å². The Balaban J connectivity index is 1.55. The Kier molecular flexibility index (Phi) is 8.87. The van der Waals surface area contributed by atoms with Crippen LogP contribution >= 0.6 is 11.8 Å². The number of rotatable bonds is 10. The number of fused-ring (bicyclic) bond motifs is 1. The average molecular weight is 582 g/mol. The van der Waals surface area contributed by atoms with Crippen LogP contribution in [-0.4, -0.2) is 55.5 Å². The second-order valence-corrected chi connectivity index (χ2v) is 11.8. The molecule has 0 aliphatic carbocycles. The second kappa shape index (κ2) is 12.3. The highest BCUT2D eigenvalue weighted by Crippen LogP contribution is 2.35. The molecule has 208 valence electrons. The maximum atomic E-state index is 13.7. The molecule has 6 N–H and O–H groups in total. The molecule has 3 aromatic rings. The SMILES string of the molecule is N=C(N)c1ccc(CNC(=O)CN2C(=O)[C@H](NS(=O)(=O)Cc3ccccc3)CSc3ccc(C(=O)O)cc32)cc1. The predicted octanol–water partition coefficient (Wildman–Crippen LogP) is 1.91. The lowest BCUT2D eigenvalue weighted by Gasteiger charge is -2.25. The molecule has 0 saturated heterocycles. The highest BCUT2D eigenvalue weighted by molar-refractivity contribution is 7.99. The van der Waals surface area contributed by atoms with Crippen LogP contribution in [0.25, 0.3) is 0 Å². The summed E-state index contributed by atoms with van der Waals surface area (Å²) in [6.45, 7) is -0.332. The largest absolute Gasteiger partial charge is 0.478 e. The summed E-state index contributed by atoms with van der Waals surface area (Å²) in [6, 6.07) is 18.3. The van der Waals surface area contributed by atoms with Gasteiger partial charge in [-0.1, -0.05) is 54.6 Å². The number of carboxylic acid groups (broad SMARTS) is 1. The maximum Gasteiger partial charge on any atom is 0.335 e. The molecular weight excluding hydrogens is 554 g/mol. The summed E-state index contributed by atoms with van der Waals surface area (Å²) < 4.78 is 28.3. The molecule has 11 nitrogen and oxygen atoms in total. The Morgan fingerprint density at radius 1 is 1.02 bits per heavy atom. The standard InChI is InChI=1S/C27H27N5O6S2/c28-25(29)19-8-6-17(7-9-19)13-30-24(33)14-32-22-12-20(27(35)36)10-11-23(22)39-15-21(26(32)34)31-40(37,38)16-18-4-2-1-3-5-18/h1-12,21,31H,13-16H2,(H3,28,29)(H,30,33)(H,35,36)/t21-/m1/s1. The number of carbonyl (C=O) groups excluding carboxylic acids is 2. The Morgan fingerprint density at radius 3 is 2.35 bits per heavy atom. The molecule has 3 aromatic carbocycles. The zero-order chi connectivity index (χ0) is 28.9. The van der Waals surface area contributed by atoms with Crippen LogP contribution in [0.2, 0.25) is 0 Å². The zero-order valence-corrected chi connectivity index (χ0v) is 22.8. The monoisotopic (exact) mass is 581 g/mol. The number of amides is 2. The first kappa shape index (κ1) is 28.8. The van der Waals surface area contributed by atoms with E-state index < -0.39 is 40.4 Å². The van der Waals surface area contributed by atoms with Crippen molar-refractivity contribution in [3.63, 3.8) is 0 Å². The van der Waals surface area contributed by atoms with Gasteiger partial charge in [0.15, 0.2) is 0 Å². The molecule has 0 radical (unpaired) electrons. The van der Waals surface area contributed by atoms with E-state index in [-0.39, 0.29) is 35.1 Å². The quantitative estimate of drug-likeness (QED) is 0.178. The number of benzene rings is 3. The van der Waals surface area contributed by atoms with E-state index in [0.717, 1.165) is 10.5 Å². The number of hydrogen-bond acceptors (Lipinski definition) is 7. The molecule has 13 heteroatoms. The first-order valence-electron chi connectivity index (χ1n) is 12.1. The van der Waals surface area contributed by atoms with Crippen LogP contribution in [0.5, 0.6) is 0 Å². The van der Waals surface area contributed by atoms with Gasteiger partial charge in [0.2, 0.25) is 21.8 Å². The summed E-state index contributed by atoms with van der Waals surface area (Å²) in [5.74, 6) is -2.78. The maximum absolute atomic E-state index is 13.7. The van der Waals surface area contributed by atoms with Gasteiger partial charge in [-0.15, -0.1) is 11.8 Å². The van der Waals surface area contributed by atoms with Gasteiger partial charge in [-0.25, -0.2) is 17.9 Å². The van der Waals surface area contributed by atoms with Gasteiger partial charge in [-0.2, -0.15) is 0 Å². The number of carbonyl (C=O) groups is 3. The highest BCUT2D eigenvalue weighted by atomic mass is 32.2. The Bertz CT molecular complexity index is 1550. The summed E-state index contributed by atoms with van der Waals surface area (Å²) in [4.78, 5) is 39.9. The zero-order valence-electron chi connectivity index (χ0n) is 21.2. The number of nitrogen functional groups attached to an aromatic ring is 1. The first-order chi connectivity index (χ1) is 19.0. The molecule has 1 aliphatic rings. The highest BCUT2D eigenvalue weighted by Gasteiger charge is 2.35. The number of aromatic carboxylic acids is 1. The molecule has 0 bridgehead atoms. The van der Waals surface area contributed by atoms with Gasteiger partial charge in [0.1, 0.15) is 18.4 Å². The van der Waals surface area contributed by atoms with Gasteiger partial charge >= 0.3 is 5.97 Å². The first-order valence-corrected chi connectivity index (χ1v) is 14.7. The number of anilines is 1. The average Bonchev–Trinajstić information content (AvgIpc) is 3.04. The molecule has 0 spiro atoms. The normalized spacial score (nSPS) is 15.2. The van der Waals surface area contributed by atoms with Gasteiger partial charge < -0.3 is 21.1 Å². The molecule has 0 saturated carbocycles. The minimum absolute atomic E-state index is 0.0485. The van der Waals surface area contributed by atoms with Crippen molar-refractivity contribution in [2.24, 2.45) is 5.73 Å². The van der Waals surface area contributed by atoms with Crippen LogP contribution < -0.4 is 20.7 Å². The number of thioether (sulfide) groups is 1.